The summed E-state index contributed by atoms with van der Waals surface area (Å²) in [6.07, 6.45) is 7.54. The van der Waals surface area contributed by atoms with Crippen LogP contribution in [0.1, 0.15) is 75.1 Å². The molecule has 0 radical (unpaired) electrons. The van der Waals surface area contributed by atoms with Gasteiger partial charge < -0.3 is 9.80 Å². The summed E-state index contributed by atoms with van der Waals surface area (Å²) in [6.45, 7) is 9.83. The van der Waals surface area contributed by atoms with Crippen molar-refractivity contribution in [2.24, 2.45) is 0 Å². The minimum Gasteiger partial charge on any atom is -0.352 e. The van der Waals surface area contributed by atoms with E-state index >= 15 is 0 Å². The van der Waals surface area contributed by atoms with Crippen molar-refractivity contribution in [2.45, 2.75) is 71.6 Å². The molecule has 1 atom stereocenters. The zero-order valence-corrected chi connectivity index (χ0v) is 18.3. The van der Waals surface area contributed by atoms with Gasteiger partial charge in [0.1, 0.15) is 16.5 Å². The van der Waals surface area contributed by atoms with E-state index in [-0.39, 0.29) is 0 Å². The van der Waals surface area contributed by atoms with Crippen molar-refractivity contribution in [2.75, 3.05) is 31.1 Å². The molecule has 3 heterocycles. The Bertz CT molecular complexity index is 854. The lowest BCUT2D eigenvalue weighted by Gasteiger charge is -2.36. The van der Waals surface area contributed by atoms with Crippen molar-refractivity contribution in [1.29, 1.82) is 0 Å². The Hall–Kier alpha value is -1.69. The number of hydrogen-bond donors (Lipinski definition) is 0. The number of aryl methyl sites for hydroxylation is 2. The highest BCUT2D eigenvalue weighted by Gasteiger charge is 2.27. The molecule has 6 heteroatoms. The van der Waals surface area contributed by atoms with Crippen molar-refractivity contribution in [3.8, 4) is 0 Å². The SMILES string of the molecule is CCCC(=O)N1CCN(c2nc([C@@H](C)CC)nc3sc4c(c23)CCCC4)CC1. The maximum absolute atomic E-state index is 12.3. The molecule has 1 aliphatic heterocycles. The molecule has 1 aliphatic carbocycles. The largest absolute Gasteiger partial charge is 0.352 e. The first kappa shape index (κ1) is 19.6. The fourth-order valence-electron chi connectivity index (χ4n) is 4.33. The molecular weight excluding hydrogens is 368 g/mol. The summed E-state index contributed by atoms with van der Waals surface area (Å²) in [6, 6.07) is 0. The summed E-state index contributed by atoms with van der Waals surface area (Å²) < 4.78 is 0. The molecule has 0 bridgehead atoms. The molecule has 2 aromatic heterocycles. The Kier molecular flexibility index (Phi) is 5.85. The van der Waals surface area contributed by atoms with Crippen LogP contribution in [0.3, 0.4) is 0 Å². The van der Waals surface area contributed by atoms with Gasteiger partial charge in [-0.1, -0.05) is 20.8 Å². The first-order chi connectivity index (χ1) is 13.6. The monoisotopic (exact) mass is 400 g/mol. The lowest BCUT2D eigenvalue weighted by atomic mass is 9.96. The fourth-order valence-corrected chi connectivity index (χ4v) is 5.59. The smallest absolute Gasteiger partial charge is 0.222 e. The fraction of sp³-hybridized carbons (Fsp3) is 0.682. The molecular formula is C22H32N4OS. The first-order valence-corrected chi connectivity index (χ1v) is 11.8. The maximum Gasteiger partial charge on any atom is 0.222 e. The van der Waals surface area contributed by atoms with E-state index in [9.17, 15) is 4.79 Å². The topological polar surface area (TPSA) is 49.3 Å². The van der Waals surface area contributed by atoms with Gasteiger partial charge in [-0.05, 0) is 44.1 Å². The van der Waals surface area contributed by atoms with E-state index in [1.807, 2.05) is 16.2 Å². The quantitative estimate of drug-likeness (QED) is 0.740. The number of carbonyl (C=O) groups is 1. The van der Waals surface area contributed by atoms with Crippen molar-refractivity contribution < 1.29 is 4.79 Å². The Morgan fingerprint density at radius 1 is 1.11 bits per heavy atom. The molecule has 5 nitrogen and oxygen atoms in total. The summed E-state index contributed by atoms with van der Waals surface area (Å²) in [5.74, 6) is 2.77. The highest BCUT2D eigenvalue weighted by molar-refractivity contribution is 7.19. The average molecular weight is 401 g/mol. The number of thiophene rings is 1. The number of nitrogens with zero attached hydrogens (tertiary/aromatic N) is 4. The van der Waals surface area contributed by atoms with E-state index in [1.54, 1.807) is 0 Å². The van der Waals surface area contributed by atoms with Crippen LogP contribution in [-0.4, -0.2) is 47.0 Å². The number of rotatable bonds is 5. The molecule has 0 aromatic carbocycles. The third-order valence-corrected chi connectivity index (χ3v) is 7.45. The van der Waals surface area contributed by atoms with E-state index in [1.165, 1.54) is 39.9 Å². The van der Waals surface area contributed by atoms with Crippen LogP contribution in [0.15, 0.2) is 0 Å². The van der Waals surface area contributed by atoms with Crippen LogP contribution in [0.4, 0.5) is 5.82 Å². The van der Waals surface area contributed by atoms with E-state index in [0.29, 0.717) is 18.2 Å². The van der Waals surface area contributed by atoms with Crippen LogP contribution < -0.4 is 4.90 Å². The average Bonchev–Trinajstić information content (AvgIpc) is 3.11. The van der Waals surface area contributed by atoms with Crippen molar-refractivity contribution >= 4 is 33.3 Å². The summed E-state index contributed by atoms with van der Waals surface area (Å²) in [5, 5.41) is 1.31. The number of piperazine rings is 1. The lowest BCUT2D eigenvalue weighted by Crippen LogP contribution is -2.49. The third kappa shape index (κ3) is 3.63. The second kappa shape index (κ2) is 8.36. The molecule has 1 saturated heterocycles. The Balaban J connectivity index is 1.69. The molecule has 28 heavy (non-hydrogen) atoms. The minimum atomic E-state index is 0.295. The van der Waals surface area contributed by atoms with Gasteiger partial charge in [0.2, 0.25) is 5.91 Å². The Morgan fingerprint density at radius 2 is 1.86 bits per heavy atom. The van der Waals surface area contributed by atoms with E-state index < -0.39 is 0 Å². The van der Waals surface area contributed by atoms with Crippen LogP contribution in [0.25, 0.3) is 10.2 Å². The predicted molar refractivity (Wildman–Crippen MR) is 116 cm³/mol. The molecule has 152 valence electrons. The molecule has 2 aromatic rings. The maximum atomic E-state index is 12.3. The zero-order chi connectivity index (χ0) is 19.7. The van der Waals surface area contributed by atoms with Gasteiger partial charge in [0.05, 0.1) is 5.39 Å². The van der Waals surface area contributed by atoms with Gasteiger partial charge in [-0.2, -0.15) is 0 Å². The summed E-state index contributed by atoms with van der Waals surface area (Å²) in [7, 11) is 0. The highest BCUT2D eigenvalue weighted by atomic mass is 32.1. The second-order valence-corrected chi connectivity index (χ2v) is 9.31. The summed E-state index contributed by atoms with van der Waals surface area (Å²) in [4.78, 5) is 29.5. The van der Waals surface area contributed by atoms with Crippen LogP contribution in [-0.2, 0) is 17.6 Å². The molecule has 0 unspecified atom stereocenters. The first-order valence-electron chi connectivity index (χ1n) is 11.0. The number of hydrogen-bond acceptors (Lipinski definition) is 5. The normalized spacial score (nSPS) is 18.4. The minimum absolute atomic E-state index is 0.295. The molecule has 4 rings (SSSR count). The second-order valence-electron chi connectivity index (χ2n) is 8.22. The van der Waals surface area contributed by atoms with E-state index in [2.05, 4.69) is 25.7 Å². The van der Waals surface area contributed by atoms with Crippen molar-refractivity contribution in [3.05, 3.63) is 16.3 Å². The van der Waals surface area contributed by atoms with Crippen LogP contribution >= 0.6 is 11.3 Å². The number of fused-ring (bicyclic) bond motifs is 3. The summed E-state index contributed by atoms with van der Waals surface area (Å²) in [5.41, 5.74) is 1.50. The highest BCUT2D eigenvalue weighted by Crippen LogP contribution is 2.40. The van der Waals surface area contributed by atoms with Crippen LogP contribution in [0, 0.1) is 0 Å². The van der Waals surface area contributed by atoms with E-state index in [4.69, 9.17) is 9.97 Å². The molecule has 0 saturated carbocycles. The molecule has 2 aliphatic rings. The van der Waals surface area contributed by atoms with Gasteiger partial charge in [-0.15, -0.1) is 11.3 Å². The van der Waals surface area contributed by atoms with Gasteiger partial charge in [0, 0.05) is 43.4 Å². The molecule has 1 fully saturated rings. The third-order valence-electron chi connectivity index (χ3n) is 6.26. The van der Waals surface area contributed by atoms with Gasteiger partial charge in [-0.3, -0.25) is 4.79 Å². The number of carbonyl (C=O) groups excluding carboxylic acids is 1. The van der Waals surface area contributed by atoms with Crippen LogP contribution in [0.5, 0.6) is 0 Å². The molecule has 0 spiro atoms. The van der Waals surface area contributed by atoms with Crippen molar-refractivity contribution in [1.82, 2.24) is 14.9 Å². The number of anilines is 1. The number of amides is 1. The van der Waals surface area contributed by atoms with Gasteiger partial charge >= 0.3 is 0 Å². The van der Waals surface area contributed by atoms with Gasteiger partial charge in [-0.25, -0.2) is 9.97 Å². The lowest BCUT2D eigenvalue weighted by molar-refractivity contribution is -0.131. The van der Waals surface area contributed by atoms with Gasteiger partial charge in [0.15, 0.2) is 0 Å². The van der Waals surface area contributed by atoms with Crippen molar-refractivity contribution in [3.63, 3.8) is 0 Å². The Morgan fingerprint density at radius 3 is 2.57 bits per heavy atom. The van der Waals surface area contributed by atoms with Gasteiger partial charge in [0.25, 0.3) is 0 Å². The van der Waals surface area contributed by atoms with Crippen LogP contribution in [0.2, 0.25) is 0 Å². The summed E-state index contributed by atoms with van der Waals surface area (Å²) >= 11 is 1.89. The molecule has 0 N–H and O–H groups in total. The standard InChI is InChI=1S/C22H32N4OS/c1-4-8-18(27)25-11-13-26(14-12-25)21-19-16-9-6-7-10-17(16)28-22(19)24-20(23-21)15(3)5-2/h15H,4-14H2,1-3H3/t15-/m0/s1. The number of aromatic nitrogens is 2. The zero-order valence-electron chi connectivity index (χ0n) is 17.5. The predicted octanol–water partition coefficient (Wildman–Crippen LogP) is 4.53. The van der Waals surface area contributed by atoms with E-state index in [0.717, 1.165) is 57.1 Å². The Labute approximate surface area is 172 Å². The molecule has 1 amide bonds.